The highest BCUT2D eigenvalue weighted by Crippen LogP contribution is 2.31. The van der Waals surface area contributed by atoms with Crippen molar-refractivity contribution in [3.8, 4) is 0 Å². The van der Waals surface area contributed by atoms with E-state index in [1.165, 1.54) is 12.8 Å². The van der Waals surface area contributed by atoms with Crippen molar-refractivity contribution in [1.29, 1.82) is 0 Å². The molecule has 0 spiro atoms. The first-order valence-corrected chi connectivity index (χ1v) is 8.64. The van der Waals surface area contributed by atoms with Gasteiger partial charge in [-0.2, -0.15) is 0 Å². The zero-order chi connectivity index (χ0) is 15.3. The lowest BCUT2D eigenvalue weighted by molar-refractivity contribution is -0.0510. The molecule has 4 heteroatoms. The largest absolute Gasteiger partial charge is 0.390 e. The summed E-state index contributed by atoms with van der Waals surface area (Å²) in [7, 11) is 0. The Kier molecular flexibility index (Phi) is 6.06. The molecule has 2 aliphatic rings. The van der Waals surface area contributed by atoms with E-state index in [1.807, 2.05) is 6.92 Å². The van der Waals surface area contributed by atoms with Gasteiger partial charge in [0.2, 0.25) is 0 Å². The minimum Gasteiger partial charge on any atom is -0.390 e. The molecule has 4 nitrogen and oxygen atoms in total. The van der Waals surface area contributed by atoms with E-state index < -0.39 is 5.60 Å². The van der Waals surface area contributed by atoms with Crippen molar-refractivity contribution < 1.29 is 9.84 Å². The van der Waals surface area contributed by atoms with Gasteiger partial charge in [0, 0.05) is 38.2 Å². The van der Waals surface area contributed by atoms with Crippen molar-refractivity contribution in [3.63, 3.8) is 0 Å². The van der Waals surface area contributed by atoms with Crippen LogP contribution in [0, 0.1) is 11.3 Å². The second-order valence-electron chi connectivity index (χ2n) is 7.95. The van der Waals surface area contributed by atoms with Gasteiger partial charge >= 0.3 is 0 Å². The molecule has 0 aliphatic carbocycles. The van der Waals surface area contributed by atoms with Gasteiger partial charge in [-0.3, -0.25) is 0 Å². The fourth-order valence-corrected chi connectivity index (χ4v) is 3.52. The Morgan fingerprint density at radius 3 is 2.52 bits per heavy atom. The molecule has 0 bridgehead atoms. The van der Waals surface area contributed by atoms with Gasteiger partial charge in [0.1, 0.15) is 0 Å². The highest BCUT2D eigenvalue weighted by Gasteiger charge is 2.37. The molecule has 0 amide bonds. The molecule has 2 rings (SSSR count). The number of hydrogen-bond acceptors (Lipinski definition) is 4. The molecule has 0 saturated carbocycles. The number of piperidine rings is 1. The lowest BCUT2D eigenvalue weighted by Gasteiger charge is -2.44. The third-order valence-corrected chi connectivity index (χ3v) is 4.95. The summed E-state index contributed by atoms with van der Waals surface area (Å²) >= 11 is 0. The summed E-state index contributed by atoms with van der Waals surface area (Å²) in [4.78, 5) is 2.53. The van der Waals surface area contributed by atoms with E-state index in [9.17, 15) is 5.11 Å². The van der Waals surface area contributed by atoms with E-state index in [2.05, 4.69) is 24.1 Å². The maximum Gasteiger partial charge on any atom is 0.0644 e. The Morgan fingerprint density at radius 2 is 1.95 bits per heavy atom. The van der Waals surface area contributed by atoms with Gasteiger partial charge in [-0.15, -0.1) is 0 Å². The smallest absolute Gasteiger partial charge is 0.0644 e. The first kappa shape index (κ1) is 17.2. The van der Waals surface area contributed by atoms with Crippen molar-refractivity contribution >= 4 is 0 Å². The summed E-state index contributed by atoms with van der Waals surface area (Å²) in [6.45, 7) is 13.5. The van der Waals surface area contributed by atoms with Gasteiger partial charge in [0.25, 0.3) is 0 Å². The van der Waals surface area contributed by atoms with E-state index >= 15 is 0 Å². The van der Waals surface area contributed by atoms with Gasteiger partial charge in [-0.05, 0) is 45.1 Å². The van der Waals surface area contributed by atoms with Crippen LogP contribution in [0.25, 0.3) is 0 Å². The van der Waals surface area contributed by atoms with Gasteiger partial charge in [0.05, 0.1) is 12.2 Å². The van der Waals surface area contributed by atoms with Crippen LogP contribution in [-0.2, 0) is 4.74 Å². The average molecular weight is 298 g/mol. The number of aliphatic hydroxyl groups is 1. The van der Waals surface area contributed by atoms with Crippen molar-refractivity contribution in [2.45, 2.75) is 52.1 Å². The molecule has 0 aromatic heterocycles. The molecular weight excluding hydrogens is 264 g/mol. The normalized spacial score (nSPS) is 30.7. The molecule has 1 unspecified atom stereocenters. The lowest BCUT2D eigenvalue weighted by Crippen LogP contribution is -2.52. The first-order valence-electron chi connectivity index (χ1n) is 8.64. The van der Waals surface area contributed by atoms with E-state index in [4.69, 9.17) is 4.74 Å². The van der Waals surface area contributed by atoms with Gasteiger partial charge in [0.15, 0.2) is 0 Å². The van der Waals surface area contributed by atoms with Crippen molar-refractivity contribution in [2.24, 2.45) is 11.3 Å². The minimum absolute atomic E-state index is 0.260. The zero-order valence-corrected chi connectivity index (χ0v) is 14.2. The van der Waals surface area contributed by atoms with Crippen LogP contribution < -0.4 is 5.32 Å². The summed E-state index contributed by atoms with van der Waals surface area (Å²) in [6.07, 6.45) is 4.21. The molecule has 0 aromatic rings. The second-order valence-corrected chi connectivity index (χ2v) is 7.95. The van der Waals surface area contributed by atoms with Crippen molar-refractivity contribution in [1.82, 2.24) is 10.2 Å². The lowest BCUT2D eigenvalue weighted by atomic mass is 9.80. The number of nitrogens with one attached hydrogen (secondary N) is 1. The highest BCUT2D eigenvalue weighted by atomic mass is 16.5. The molecule has 2 saturated heterocycles. The number of rotatable bonds is 6. The second kappa shape index (κ2) is 7.40. The first-order chi connectivity index (χ1) is 9.91. The Hall–Kier alpha value is -0.160. The summed E-state index contributed by atoms with van der Waals surface area (Å²) in [5.41, 5.74) is -0.195. The Labute approximate surface area is 130 Å². The number of likely N-dealkylation sites (tertiary alicyclic amines) is 1. The molecule has 0 aromatic carbocycles. The topological polar surface area (TPSA) is 44.7 Å². The van der Waals surface area contributed by atoms with Crippen LogP contribution in [0.2, 0.25) is 0 Å². The molecule has 21 heavy (non-hydrogen) atoms. The molecular formula is C17H34N2O2. The summed E-state index contributed by atoms with van der Waals surface area (Å²) in [5, 5.41) is 13.7. The number of hydrogen-bond donors (Lipinski definition) is 2. The number of nitrogens with zero attached hydrogens (tertiary/aromatic N) is 1. The summed E-state index contributed by atoms with van der Waals surface area (Å²) < 4.78 is 5.81. The van der Waals surface area contributed by atoms with Crippen molar-refractivity contribution in [3.05, 3.63) is 0 Å². The predicted molar refractivity (Wildman–Crippen MR) is 86.5 cm³/mol. The fourth-order valence-electron chi connectivity index (χ4n) is 3.52. The standard InChI is InChI=1S/C17H34N2O2/c1-15(2)11-18-12-17(5-4-10-21-14-17)13-19-8-6-16(3,20)7-9-19/h15,18,20H,4-14H2,1-3H3. The maximum absolute atomic E-state index is 10.1. The van der Waals surface area contributed by atoms with Gasteiger partial charge < -0.3 is 20.1 Å². The van der Waals surface area contributed by atoms with Crippen LogP contribution in [-0.4, -0.2) is 61.5 Å². The predicted octanol–water partition coefficient (Wildman–Crippen LogP) is 1.88. The molecule has 2 fully saturated rings. The maximum atomic E-state index is 10.1. The van der Waals surface area contributed by atoms with Crippen LogP contribution in [0.3, 0.4) is 0 Å². The fraction of sp³-hybridized carbons (Fsp3) is 1.00. The number of ether oxygens (including phenoxy) is 1. The zero-order valence-electron chi connectivity index (χ0n) is 14.2. The van der Waals surface area contributed by atoms with Crippen LogP contribution in [0.5, 0.6) is 0 Å². The molecule has 2 N–H and O–H groups in total. The van der Waals surface area contributed by atoms with E-state index in [0.717, 1.165) is 58.8 Å². The van der Waals surface area contributed by atoms with Crippen LogP contribution in [0.1, 0.15) is 46.5 Å². The Bertz CT molecular complexity index is 302. The van der Waals surface area contributed by atoms with E-state index in [1.54, 1.807) is 0 Å². The average Bonchev–Trinajstić information content (AvgIpc) is 2.42. The molecule has 0 radical (unpaired) electrons. The monoisotopic (exact) mass is 298 g/mol. The Morgan fingerprint density at radius 1 is 1.24 bits per heavy atom. The molecule has 124 valence electrons. The Balaban J connectivity index is 1.87. The SMILES string of the molecule is CC(C)CNCC1(CN2CCC(C)(O)CC2)CCCOC1. The van der Waals surface area contributed by atoms with Crippen molar-refractivity contribution in [2.75, 3.05) is 45.9 Å². The molecule has 2 heterocycles. The van der Waals surface area contributed by atoms with Crippen LogP contribution in [0.15, 0.2) is 0 Å². The van der Waals surface area contributed by atoms with Gasteiger partial charge in [-0.1, -0.05) is 13.8 Å². The van der Waals surface area contributed by atoms with Crippen LogP contribution in [0.4, 0.5) is 0 Å². The third kappa shape index (κ3) is 5.51. The summed E-state index contributed by atoms with van der Waals surface area (Å²) in [5.74, 6) is 0.691. The van der Waals surface area contributed by atoms with Gasteiger partial charge in [-0.25, -0.2) is 0 Å². The quantitative estimate of drug-likeness (QED) is 0.786. The molecule has 1 atom stereocenters. The van der Waals surface area contributed by atoms with E-state index in [-0.39, 0.29) is 5.41 Å². The van der Waals surface area contributed by atoms with E-state index in [0.29, 0.717) is 5.92 Å². The summed E-state index contributed by atoms with van der Waals surface area (Å²) in [6, 6.07) is 0. The minimum atomic E-state index is -0.456. The molecule has 2 aliphatic heterocycles. The van der Waals surface area contributed by atoms with Crippen LogP contribution >= 0.6 is 0 Å². The highest BCUT2D eigenvalue weighted by molar-refractivity contribution is 4.90. The third-order valence-electron chi connectivity index (χ3n) is 4.95.